The van der Waals surface area contributed by atoms with E-state index < -0.39 is 6.04 Å². The first-order chi connectivity index (χ1) is 14.8. The fourth-order valence-electron chi connectivity index (χ4n) is 3.37. The van der Waals surface area contributed by atoms with Gasteiger partial charge in [-0.3, -0.25) is 9.59 Å². The third kappa shape index (κ3) is 8.41. The molecule has 0 fully saturated rings. The lowest BCUT2D eigenvalue weighted by Gasteiger charge is -2.31. The van der Waals surface area contributed by atoms with Gasteiger partial charge in [0, 0.05) is 18.8 Å². The first kappa shape index (κ1) is 25.0. The van der Waals surface area contributed by atoms with E-state index in [-0.39, 0.29) is 11.8 Å². The number of aryl methyl sites for hydroxylation is 2. The number of nitrogens with one attached hydrogen (secondary N) is 1. The van der Waals surface area contributed by atoms with Crippen molar-refractivity contribution in [3.63, 3.8) is 0 Å². The lowest BCUT2D eigenvalue weighted by atomic mass is 10.1. The Hall–Kier alpha value is -2.27. The van der Waals surface area contributed by atoms with Crippen molar-refractivity contribution in [3.05, 3.63) is 70.8 Å². The molecule has 1 atom stereocenters. The van der Waals surface area contributed by atoms with Crippen LogP contribution in [0.4, 0.5) is 0 Å². The zero-order valence-corrected chi connectivity index (χ0v) is 20.3. The minimum absolute atomic E-state index is 0.00478. The third-order valence-electron chi connectivity index (χ3n) is 5.12. The maximum atomic E-state index is 13.2. The van der Waals surface area contributed by atoms with Crippen molar-refractivity contribution >= 4 is 23.6 Å². The van der Waals surface area contributed by atoms with Crippen LogP contribution in [-0.4, -0.2) is 35.1 Å². The molecule has 168 valence electrons. The lowest BCUT2D eigenvalue weighted by molar-refractivity contribution is -0.139. The van der Waals surface area contributed by atoms with Crippen LogP contribution in [0.3, 0.4) is 0 Å². The summed E-state index contributed by atoms with van der Waals surface area (Å²) in [5.41, 5.74) is 4.63. The maximum absolute atomic E-state index is 13.2. The second kappa shape index (κ2) is 12.6. The predicted molar refractivity (Wildman–Crippen MR) is 131 cm³/mol. The van der Waals surface area contributed by atoms with Crippen LogP contribution in [0.15, 0.2) is 48.5 Å². The van der Waals surface area contributed by atoms with Gasteiger partial charge in [-0.15, -0.1) is 11.8 Å². The Kier molecular flexibility index (Phi) is 10.1. The number of hydrogen-bond acceptors (Lipinski definition) is 3. The van der Waals surface area contributed by atoms with Crippen molar-refractivity contribution in [2.24, 2.45) is 5.92 Å². The summed E-state index contributed by atoms with van der Waals surface area (Å²) < 4.78 is 0. The highest BCUT2D eigenvalue weighted by molar-refractivity contribution is 7.99. The summed E-state index contributed by atoms with van der Waals surface area (Å²) in [5.74, 6) is 1.44. The van der Waals surface area contributed by atoms with Gasteiger partial charge in [0.25, 0.3) is 0 Å². The second-order valence-corrected chi connectivity index (χ2v) is 9.54. The van der Waals surface area contributed by atoms with Gasteiger partial charge >= 0.3 is 0 Å². The first-order valence-corrected chi connectivity index (χ1v) is 12.2. The predicted octanol–water partition coefficient (Wildman–Crippen LogP) is 5.12. The highest BCUT2D eigenvalue weighted by Gasteiger charge is 2.28. The minimum atomic E-state index is -0.466. The number of carbonyl (C=O) groups excluding carboxylic acids is 2. The lowest BCUT2D eigenvalue weighted by Crippen LogP contribution is -2.50. The van der Waals surface area contributed by atoms with Gasteiger partial charge in [0.05, 0.1) is 5.75 Å². The number of benzene rings is 2. The van der Waals surface area contributed by atoms with E-state index in [1.165, 1.54) is 11.1 Å². The summed E-state index contributed by atoms with van der Waals surface area (Å²) in [5, 5.41) is 3.01. The first-order valence-electron chi connectivity index (χ1n) is 11.1. The Bertz CT molecular complexity index is 849. The molecule has 0 saturated heterocycles. The number of hydrogen-bond donors (Lipinski definition) is 1. The molecular weight excluding hydrogens is 404 g/mol. The van der Waals surface area contributed by atoms with Crippen molar-refractivity contribution in [3.8, 4) is 0 Å². The van der Waals surface area contributed by atoms with Crippen LogP contribution in [0.5, 0.6) is 0 Å². The molecule has 0 saturated carbocycles. The van der Waals surface area contributed by atoms with E-state index in [0.29, 0.717) is 31.2 Å². The second-order valence-electron chi connectivity index (χ2n) is 8.55. The molecule has 0 aromatic heterocycles. The number of rotatable bonds is 11. The number of carbonyl (C=O) groups is 2. The molecule has 0 spiro atoms. The molecule has 2 aromatic rings. The Morgan fingerprint density at radius 2 is 1.71 bits per heavy atom. The smallest absolute Gasteiger partial charge is 0.242 e. The normalized spacial score (nSPS) is 11.9. The standard InChI is InChI=1S/C26H36N2O2S/c1-6-24(26(30)27-15-19(2)3)28(16-23-9-7-8-21(5)14-23)25(29)18-31-17-22-12-10-20(4)11-13-22/h7-14,19,24H,6,15-18H2,1-5H3,(H,27,30). The average molecular weight is 441 g/mol. The van der Waals surface area contributed by atoms with Crippen LogP contribution in [0, 0.1) is 19.8 Å². The quantitative estimate of drug-likeness (QED) is 0.528. The molecule has 0 heterocycles. The Morgan fingerprint density at radius 3 is 2.32 bits per heavy atom. The van der Waals surface area contributed by atoms with Crippen molar-refractivity contribution in [1.82, 2.24) is 10.2 Å². The SMILES string of the molecule is CCC(C(=O)NCC(C)C)N(Cc1cccc(C)c1)C(=O)CSCc1ccc(C)cc1. The number of amides is 2. The molecule has 0 radical (unpaired) electrons. The molecule has 2 aromatic carbocycles. The number of thioether (sulfide) groups is 1. The maximum Gasteiger partial charge on any atom is 0.242 e. The van der Waals surface area contributed by atoms with E-state index in [9.17, 15) is 9.59 Å². The molecule has 0 aliphatic carbocycles. The van der Waals surface area contributed by atoms with Crippen molar-refractivity contribution < 1.29 is 9.59 Å². The Morgan fingerprint density at radius 1 is 1.00 bits per heavy atom. The third-order valence-corrected chi connectivity index (χ3v) is 6.11. The molecular formula is C26H36N2O2S. The van der Waals surface area contributed by atoms with Crippen LogP contribution in [0.1, 0.15) is 49.4 Å². The fraction of sp³-hybridized carbons (Fsp3) is 0.462. The van der Waals surface area contributed by atoms with Gasteiger partial charge in [0.1, 0.15) is 6.04 Å². The van der Waals surface area contributed by atoms with Crippen molar-refractivity contribution in [1.29, 1.82) is 0 Å². The Labute approximate surface area is 191 Å². The Balaban J connectivity index is 2.11. The van der Waals surface area contributed by atoms with Crippen LogP contribution >= 0.6 is 11.8 Å². The highest BCUT2D eigenvalue weighted by Crippen LogP contribution is 2.18. The van der Waals surface area contributed by atoms with Crippen LogP contribution in [-0.2, 0) is 21.9 Å². The van der Waals surface area contributed by atoms with E-state index in [0.717, 1.165) is 16.9 Å². The van der Waals surface area contributed by atoms with Gasteiger partial charge < -0.3 is 10.2 Å². The van der Waals surface area contributed by atoms with Crippen molar-refractivity contribution in [2.75, 3.05) is 12.3 Å². The highest BCUT2D eigenvalue weighted by atomic mass is 32.2. The summed E-state index contributed by atoms with van der Waals surface area (Å²) in [6.45, 7) is 11.3. The molecule has 2 amide bonds. The van der Waals surface area contributed by atoms with Gasteiger partial charge in [0.15, 0.2) is 0 Å². The van der Waals surface area contributed by atoms with E-state index in [4.69, 9.17) is 0 Å². The zero-order chi connectivity index (χ0) is 22.8. The van der Waals surface area contributed by atoms with E-state index >= 15 is 0 Å². The minimum Gasteiger partial charge on any atom is -0.354 e. The molecule has 2 rings (SSSR count). The topological polar surface area (TPSA) is 49.4 Å². The van der Waals surface area contributed by atoms with E-state index in [1.54, 1.807) is 16.7 Å². The summed E-state index contributed by atoms with van der Waals surface area (Å²) in [6, 6.07) is 16.1. The molecule has 5 heteroatoms. The van der Waals surface area contributed by atoms with Crippen LogP contribution < -0.4 is 5.32 Å². The van der Waals surface area contributed by atoms with Gasteiger partial charge in [-0.25, -0.2) is 0 Å². The summed E-state index contributed by atoms with van der Waals surface area (Å²) in [7, 11) is 0. The average Bonchev–Trinajstić information content (AvgIpc) is 2.73. The van der Waals surface area contributed by atoms with Gasteiger partial charge in [-0.05, 0) is 37.3 Å². The molecule has 1 unspecified atom stereocenters. The number of nitrogens with zero attached hydrogens (tertiary/aromatic N) is 1. The van der Waals surface area contributed by atoms with E-state index in [2.05, 4.69) is 56.4 Å². The van der Waals surface area contributed by atoms with Crippen LogP contribution in [0.2, 0.25) is 0 Å². The fourth-order valence-corrected chi connectivity index (χ4v) is 4.24. The molecule has 4 nitrogen and oxygen atoms in total. The molecule has 0 bridgehead atoms. The molecule has 1 N–H and O–H groups in total. The monoisotopic (exact) mass is 440 g/mol. The summed E-state index contributed by atoms with van der Waals surface area (Å²) in [6.07, 6.45) is 0.587. The van der Waals surface area contributed by atoms with Gasteiger partial charge in [0.2, 0.25) is 11.8 Å². The molecule has 31 heavy (non-hydrogen) atoms. The summed E-state index contributed by atoms with van der Waals surface area (Å²) in [4.78, 5) is 27.9. The molecule has 0 aliphatic heterocycles. The van der Waals surface area contributed by atoms with Gasteiger partial charge in [-0.2, -0.15) is 0 Å². The zero-order valence-electron chi connectivity index (χ0n) is 19.5. The largest absolute Gasteiger partial charge is 0.354 e. The molecule has 0 aliphatic rings. The summed E-state index contributed by atoms with van der Waals surface area (Å²) >= 11 is 1.60. The van der Waals surface area contributed by atoms with Crippen molar-refractivity contribution in [2.45, 2.75) is 59.4 Å². The van der Waals surface area contributed by atoms with Gasteiger partial charge in [-0.1, -0.05) is 80.4 Å². The van der Waals surface area contributed by atoms with E-state index in [1.807, 2.05) is 32.0 Å². The van der Waals surface area contributed by atoms with Crippen LogP contribution in [0.25, 0.3) is 0 Å².